The molecule has 0 saturated carbocycles. The molecule has 0 aromatic carbocycles. The molecule has 1 N–H and O–H groups in total. The number of carbonyl (C=O) groups is 1. The quantitative estimate of drug-likeness (QED) is 0.881. The zero-order chi connectivity index (χ0) is 13.8. The number of anilines is 1. The second-order valence-electron chi connectivity index (χ2n) is 3.37. The van der Waals surface area contributed by atoms with Gasteiger partial charge in [0.05, 0.1) is 17.7 Å². The van der Waals surface area contributed by atoms with Crippen LogP contribution in [0, 0.1) is 0 Å². The summed E-state index contributed by atoms with van der Waals surface area (Å²) in [7, 11) is 1.43. The molecule has 0 aliphatic carbocycles. The highest BCUT2D eigenvalue weighted by Crippen LogP contribution is 2.18. The van der Waals surface area contributed by atoms with Crippen LogP contribution in [0.25, 0.3) is 0 Å². The fraction of sp³-hybridized carbons (Fsp3) is 0.0909. The van der Waals surface area contributed by atoms with Crippen molar-refractivity contribution in [3.63, 3.8) is 0 Å². The van der Waals surface area contributed by atoms with Crippen LogP contribution in [0.5, 0.6) is 5.88 Å². The Morgan fingerprint density at radius 1 is 1.37 bits per heavy atom. The molecule has 0 radical (unpaired) electrons. The Labute approximate surface area is 118 Å². The van der Waals surface area contributed by atoms with Gasteiger partial charge in [0.1, 0.15) is 5.15 Å². The molecule has 2 rings (SSSR count). The third-order valence-corrected chi connectivity index (χ3v) is 2.64. The summed E-state index contributed by atoms with van der Waals surface area (Å²) in [6.45, 7) is 0. The van der Waals surface area contributed by atoms with Gasteiger partial charge in [-0.1, -0.05) is 23.2 Å². The number of pyridine rings is 1. The van der Waals surface area contributed by atoms with Gasteiger partial charge in [0.15, 0.2) is 0 Å². The van der Waals surface area contributed by atoms with Gasteiger partial charge in [-0.15, -0.1) is 0 Å². The van der Waals surface area contributed by atoms with Crippen LogP contribution in [0.2, 0.25) is 10.2 Å². The van der Waals surface area contributed by atoms with Crippen molar-refractivity contribution < 1.29 is 9.53 Å². The van der Waals surface area contributed by atoms with E-state index in [4.69, 9.17) is 27.9 Å². The van der Waals surface area contributed by atoms with E-state index in [9.17, 15) is 4.79 Å². The molecule has 0 saturated heterocycles. The van der Waals surface area contributed by atoms with Crippen LogP contribution in [0.15, 0.2) is 24.5 Å². The first-order valence-electron chi connectivity index (χ1n) is 5.09. The number of nitrogens with one attached hydrogen (secondary N) is 1. The van der Waals surface area contributed by atoms with E-state index in [0.717, 1.165) is 0 Å². The van der Waals surface area contributed by atoms with Gasteiger partial charge in [-0.05, 0) is 6.07 Å². The number of rotatable bonds is 3. The van der Waals surface area contributed by atoms with Gasteiger partial charge < -0.3 is 4.74 Å². The standard InChI is InChI=1S/C11H8Cl2N4O2/c1-19-9-4-8(13)15-11(16-9)17-10(18)6-5-14-3-2-7(6)12/h2-5H,1H3,(H,15,16,17,18). The Morgan fingerprint density at radius 3 is 2.84 bits per heavy atom. The maximum atomic E-state index is 11.9. The summed E-state index contributed by atoms with van der Waals surface area (Å²) < 4.78 is 4.92. The Hall–Kier alpha value is -1.92. The summed E-state index contributed by atoms with van der Waals surface area (Å²) >= 11 is 11.7. The first-order valence-corrected chi connectivity index (χ1v) is 5.85. The minimum Gasteiger partial charge on any atom is -0.481 e. The van der Waals surface area contributed by atoms with Crippen LogP contribution in [-0.4, -0.2) is 28.0 Å². The van der Waals surface area contributed by atoms with E-state index in [0.29, 0.717) is 0 Å². The molecular formula is C11H8Cl2N4O2. The molecule has 8 heteroatoms. The lowest BCUT2D eigenvalue weighted by molar-refractivity contribution is 0.102. The van der Waals surface area contributed by atoms with Crippen molar-refractivity contribution >= 4 is 35.1 Å². The van der Waals surface area contributed by atoms with Crippen LogP contribution in [-0.2, 0) is 0 Å². The molecule has 0 aliphatic heterocycles. The fourth-order valence-electron chi connectivity index (χ4n) is 1.27. The fourth-order valence-corrected chi connectivity index (χ4v) is 1.64. The molecule has 0 fully saturated rings. The number of hydrogen-bond donors (Lipinski definition) is 1. The first-order chi connectivity index (χ1) is 9.10. The van der Waals surface area contributed by atoms with Crippen molar-refractivity contribution in [1.29, 1.82) is 0 Å². The summed E-state index contributed by atoms with van der Waals surface area (Å²) in [6.07, 6.45) is 2.83. The number of aromatic nitrogens is 3. The van der Waals surface area contributed by atoms with Gasteiger partial charge in [-0.25, -0.2) is 4.98 Å². The van der Waals surface area contributed by atoms with Gasteiger partial charge in [-0.2, -0.15) is 4.98 Å². The van der Waals surface area contributed by atoms with Gasteiger partial charge in [0.25, 0.3) is 5.91 Å². The highest BCUT2D eigenvalue weighted by Gasteiger charge is 2.13. The van der Waals surface area contributed by atoms with Gasteiger partial charge in [-0.3, -0.25) is 15.1 Å². The molecule has 2 heterocycles. The molecule has 0 bridgehead atoms. The van der Waals surface area contributed by atoms with Gasteiger partial charge >= 0.3 is 0 Å². The van der Waals surface area contributed by atoms with E-state index in [-0.39, 0.29) is 27.6 Å². The summed E-state index contributed by atoms with van der Waals surface area (Å²) in [5.41, 5.74) is 0.215. The van der Waals surface area contributed by atoms with E-state index in [2.05, 4.69) is 20.3 Å². The van der Waals surface area contributed by atoms with Crippen molar-refractivity contribution in [1.82, 2.24) is 15.0 Å². The monoisotopic (exact) mass is 298 g/mol. The topological polar surface area (TPSA) is 77.0 Å². The van der Waals surface area contributed by atoms with Crippen LogP contribution in [0.1, 0.15) is 10.4 Å². The summed E-state index contributed by atoms with van der Waals surface area (Å²) in [6, 6.07) is 2.93. The number of amides is 1. The zero-order valence-electron chi connectivity index (χ0n) is 9.72. The smallest absolute Gasteiger partial charge is 0.261 e. The normalized spacial score (nSPS) is 10.1. The SMILES string of the molecule is COc1cc(Cl)nc(NC(=O)c2cnccc2Cl)n1. The largest absolute Gasteiger partial charge is 0.481 e. The number of halogens is 2. The van der Waals surface area contributed by atoms with Crippen molar-refractivity contribution in [2.75, 3.05) is 12.4 Å². The number of nitrogens with zero attached hydrogens (tertiary/aromatic N) is 3. The summed E-state index contributed by atoms with van der Waals surface area (Å²) in [4.78, 5) is 23.6. The predicted molar refractivity (Wildman–Crippen MR) is 70.8 cm³/mol. The maximum absolute atomic E-state index is 11.9. The molecule has 2 aromatic rings. The van der Waals surface area contributed by atoms with E-state index >= 15 is 0 Å². The maximum Gasteiger partial charge on any atom is 0.261 e. The average molecular weight is 299 g/mol. The summed E-state index contributed by atoms with van der Waals surface area (Å²) in [5, 5.41) is 2.90. The van der Waals surface area contributed by atoms with E-state index in [1.165, 1.54) is 31.6 Å². The average Bonchev–Trinajstić information content (AvgIpc) is 2.38. The Morgan fingerprint density at radius 2 is 2.16 bits per heavy atom. The molecule has 0 atom stereocenters. The second-order valence-corrected chi connectivity index (χ2v) is 4.16. The van der Waals surface area contributed by atoms with Crippen molar-refractivity contribution in [2.24, 2.45) is 0 Å². The zero-order valence-corrected chi connectivity index (χ0v) is 11.2. The molecule has 2 aromatic heterocycles. The minimum atomic E-state index is -0.484. The van der Waals surface area contributed by atoms with Crippen LogP contribution in [0.4, 0.5) is 5.95 Å². The Balaban J connectivity index is 2.24. The third-order valence-electron chi connectivity index (χ3n) is 2.12. The third kappa shape index (κ3) is 3.30. The lowest BCUT2D eigenvalue weighted by atomic mass is 10.3. The highest BCUT2D eigenvalue weighted by molar-refractivity contribution is 6.34. The number of hydrogen-bond acceptors (Lipinski definition) is 5. The van der Waals surface area contributed by atoms with Crippen molar-refractivity contribution in [2.45, 2.75) is 0 Å². The molecule has 0 unspecified atom stereocenters. The molecule has 6 nitrogen and oxygen atoms in total. The van der Waals surface area contributed by atoms with Crippen LogP contribution < -0.4 is 10.1 Å². The van der Waals surface area contributed by atoms with Gasteiger partial charge in [0.2, 0.25) is 11.8 Å². The lowest BCUT2D eigenvalue weighted by Gasteiger charge is -2.06. The number of carbonyl (C=O) groups excluding carboxylic acids is 1. The Bertz CT molecular complexity index is 621. The van der Waals surface area contributed by atoms with E-state index < -0.39 is 5.91 Å². The molecule has 19 heavy (non-hydrogen) atoms. The lowest BCUT2D eigenvalue weighted by Crippen LogP contribution is -2.15. The van der Waals surface area contributed by atoms with Crippen LogP contribution in [0.3, 0.4) is 0 Å². The molecule has 0 aliphatic rings. The molecule has 0 spiro atoms. The van der Waals surface area contributed by atoms with Crippen molar-refractivity contribution in [3.8, 4) is 5.88 Å². The van der Waals surface area contributed by atoms with Crippen molar-refractivity contribution in [3.05, 3.63) is 40.3 Å². The minimum absolute atomic E-state index is 0.0225. The first kappa shape index (κ1) is 13.5. The predicted octanol–water partition coefficient (Wildman–Crippen LogP) is 2.44. The number of methoxy groups -OCH3 is 1. The summed E-state index contributed by atoms with van der Waals surface area (Å²) in [5.74, 6) is -0.218. The second kappa shape index (κ2) is 5.81. The van der Waals surface area contributed by atoms with E-state index in [1.54, 1.807) is 0 Å². The van der Waals surface area contributed by atoms with Gasteiger partial charge in [0, 0.05) is 18.5 Å². The molecule has 1 amide bonds. The Kier molecular flexibility index (Phi) is 4.13. The van der Waals surface area contributed by atoms with E-state index in [1.807, 2.05) is 0 Å². The number of ether oxygens (including phenoxy) is 1. The highest BCUT2D eigenvalue weighted by atomic mass is 35.5. The molecule has 98 valence electrons. The molecular weight excluding hydrogens is 291 g/mol. The van der Waals surface area contributed by atoms with Crippen LogP contribution >= 0.6 is 23.2 Å².